The number of imidazole rings is 1. The van der Waals surface area contributed by atoms with E-state index < -0.39 is 0 Å². The fourth-order valence-electron chi connectivity index (χ4n) is 1.61. The van der Waals surface area contributed by atoms with Crippen LogP contribution in [0.2, 0.25) is 0 Å². The standard InChI is InChI=1S/C12H12N2O2/c1-14-9(8-15)7-13-12(14)10-5-3-4-6-11(10)16-2/h3-8H,1-2H3. The Morgan fingerprint density at radius 2 is 2.12 bits per heavy atom. The monoisotopic (exact) mass is 216 g/mol. The molecule has 0 N–H and O–H groups in total. The van der Waals surface area contributed by atoms with Crippen LogP contribution in [0.1, 0.15) is 10.5 Å². The third-order valence-electron chi connectivity index (χ3n) is 2.49. The lowest BCUT2D eigenvalue weighted by molar-refractivity contribution is 0.111. The lowest BCUT2D eigenvalue weighted by Crippen LogP contribution is -1.98. The van der Waals surface area contributed by atoms with Crippen LogP contribution in [0.4, 0.5) is 0 Å². The summed E-state index contributed by atoms with van der Waals surface area (Å²) in [5.41, 5.74) is 1.42. The number of aromatic nitrogens is 2. The average Bonchev–Trinajstić information content (AvgIpc) is 2.70. The van der Waals surface area contributed by atoms with E-state index in [2.05, 4.69) is 4.98 Å². The minimum absolute atomic E-state index is 0.543. The summed E-state index contributed by atoms with van der Waals surface area (Å²) in [7, 11) is 3.42. The molecule has 0 saturated heterocycles. The maximum atomic E-state index is 10.7. The van der Waals surface area contributed by atoms with E-state index in [0.29, 0.717) is 5.69 Å². The number of methoxy groups -OCH3 is 1. The Labute approximate surface area is 93.5 Å². The van der Waals surface area contributed by atoms with Crippen LogP contribution in [-0.2, 0) is 7.05 Å². The van der Waals surface area contributed by atoms with Gasteiger partial charge in [0.2, 0.25) is 0 Å². The molecule has 0 aliphatic carbocycles. The number of benzene rings is 1. The van der Waals surface area contributed by atoms with Gasteiger partial charge in [-0.1, -0.05) is 12.1 Å². The largest absolute Gasteiger partial charge is 0.496 e. The van der Waals surface area contributed by atoms with Gasteiger partial charge in [0.25, 0.3) is 0 Å². The van der Waals surface area contributed by atoms with Crippen LogP contribution in [0.15, 0.2) is 30.5 Å². The van der Waals surface area contributed by atoms with E-state index in [1.165, 1.54) is 0 Å². The summed E-state index contributed by atoms with van der Waals surface area (Å²) in [6.07, 6.45) is 2.33. The Hall–Kier alpha value is -2.10. The number of para-hydroxylation sites is 1. The molecule has 1 aromatic carbocycles. The first kappa shape index (κ1) is 10.4. The Morgan fingerprint density at radius 1 is 1.38 bits per heavy atom. The zero-order valence-corrected chi connectivity index (χ0v) is 9.18. The van der Waals surface area contributed by atoms with Gasteiger partial charge in [-0.25, -0.2) is 4.98 Å². The van der Waals surface area contributed by atoms with Crippen LogP contribution < -0.4 is 4.74 Å². The molecule has 4 heteroatoms. The lowest BCUT2D eigenvalue weighted by atomic mass is 10.2. The minimum Gasteiger partial charge on any atom is -0.496 e. The number of rotatable bonds is 3. The summed E-state index contributed by atoms with van der Waals surface area (Å²) in [5, 5.41) is 0. The summed E-state index contributed by atoms with van der Waals surface area (Å²) in [6, 6.07) is 7.58. The number of hydrogen-bond acceptors (Lipinski definition) is 3. The fraction of sp³-hybridized carbons (Fsp3) is 0.167. The minimum atomic E-state index is 0.543. The van der Waals surface area contributed by atoms with E-state index >= 15 is 0 Å². The summed E-state index contributed by atoms with van der Waals surface area (Å²) in [5.74, 6) is 1.47. The molecule has 2 rings (SSSR count). The normalized spacial score (nSPS) is 10.1. The van der Waals surface area contributed by atoms with Crippen molar-refractivity contribution in [1.29, 1.82) is 0 Å². The maximum absolute atomic E-state index is 10.7. The molecule has 0 unspecified atom stereocenters. The van der Waals surface area contributed by atoms with E-state index in [0.717, 1.165) is 23.4 Å². The third kappa shape index (κ3) is 1.58. The van der Waals surface area contributed by atoms with Crippen LogP contribution in [0.5, 0.6) is 5.75 Å². The van der Waals surface area contributed by atoms with E-state index in [9.17, 15) is 4.79 Å². The van der Waals surface area contributed by atoms with Gasteiger partial charge in [-0.15, -0.1) is 0 Å². The fourth-order valence-corrected chi connectivity index (χ4v) is 1.61. The molecule has 1 aromatic heterocycles. The Kier molecular flexibility index (Phi) is 2.72. The lowest BCUT2D eigenvalue weighted by Gasteiger charge is -2.08. The highest BCUT2D eigenvalue weighted by Crippen LogP contribution is 2.28. The van der Waals surface area contributed by atoms with Crippen molar-refractivity contribution in [2.75, 3.05) is 7.11 Å². The highest BCUT2D eigenvalue weighted by Gasteiger charge is 2.11. The van der Waals surface area contributed by atoms with Crippen molar-refractivity contribution in [3.8, 4) is 17.1 Å². The van der Waals surface area contributed by atoms with Gasteiger partial charge in [-0.3, -0.25) is 4.79 Å². The highest BCUT2D eigenvalue weighted by molar-refractivity contribution is 5.75. The van der Waals surface area contributed by atoms with Crippen molar-refractivity contribution < 1.29 is 9.53 Å². The molecule has 0 saturated carbocycles. The first-order valence-corrected chi connectivity index (χ1v) is 4.88. The van der Waals surface area contributed by atoms with Gasteiger partial charge < -0.3 is 9.30 Å². The SMILES string of the molecule is COc1ccccc1-c1ncc(C=O)n1C. The molecule has 0 radical (unpaired) electrons. The molecular weight excluding hydrogens is 204 g/mol. The van der Waals surface area contributed by atoms with Gasteiger partial charge >= 0.3 is 0 Å². The van der Waals surface area contributed by atoms with Gasteiger partial charge in [0, 0.05) is 7.05 Å². The number of hydrogen-bond donors (Lipinski definition) is 0. The molecule has 0 atom stereocenters. The Balaban J connectivity index is 2.58. The molecule has 0 spiro atoms. The van der Waals surface area contributed by atoms with Crippen molar-refractivity contribution in [2.45, 2.75) is 0 Å². The molecule has 0 fully saturated rings. The van der Waals surface area contributed by atoms with Crippen LogP contribution in [0.25, 0.3) is 11.4 Å². The highest BCUT2D eigenvalue weighted by atomic mass is 16.5. The number of ether oxygens (including phenoxy) is 1. The molecule has 0 amide bonds. The van der Waals surface area contributed by atoms with Gasteiger partial charge in [-0.05, 0) is 12.1 Å². The summed E-state index contributed by atoms with van der Waals surface area (Å²) < 4.78 is 7.00. The second-order valence-electron chi connectivity index (χ2n) is 3.38. The van der Waals surface area contributed by atoms with Gasteiger partial charge in [0.15, 0.2) is 6.29 Å². The van der Waals surface area contributed by atoms with Gasteiger partial charge in [-0.2, -0.15) is 0 Å². The summed E-state index contributed by atoms with van der Waals surface area (Å²) in [4.78, 5) is 15.0. The average molecular weight is 216 g/mol. The molecule has 1 heterocycles. The molecule has 4 nitrogen and oxygen atoms in total. The third-order valence-corrected chi connectivity index (χ3v) is 2.49. The second kappa shape index (κ2) is 4.18. The van der Waals surface area contributed by atoms with Crippen LogP contribution in [0.3, 0.4) is 0 Å². The van der Waals surface area contributed by atoms with Gasteiger partial charge in [0.1, 0.15) is 17.3 Å². The number of carbonyl (C=O) groups excluding carboxylic acids is 1. The molecule has 16 heavy (non-hydrogen) atoms. The first-order chi connectivity index (χ1) is 7.77. The number of nitrogens with zero attached hydrogens (tertiary/aromatic N) is 2. The summed E-state index contributed by atoms with van der Waals surface area (Å²) in [6.45, 7) is 0. The van der Waals surface area contributed by atoms with Gasteiger partial charge in [0.05, 0.1) is 18.9 Å². The predicted octanol–water partition coefficient (Wildman–Crippen LogP) is 1.91. The number of carbonyl (C=O) groups is 1. The van der Waals surface area contributed by atoms with E-state index in [1.54, 1.807) is 24.9 Å². The van der Waals surface area contributed by atoms with Crippen molar-refractivity contribution in [3.05, 3.63) is 36.2 Å². The van der Waals surface area contributed by atoms with Crippen molar-refractivity contribution in [2.24, 2.45) is 7.05 Å². The molecular formula is C12H12N2O2. The predicted molar refractivity (Wildman–Crippen MR) is 60.6 cm³/mol. The van der Waals surface area contributed by atoms with Crippen molar-refractivity contribution in [1.82, 2.24) is 9.55 Å². The Bertz CT molecular complexity index is 517. The zero-order valence-electron chi connectivity index (χ0n) is 9.18. The first-order valence-electron chi connectivity index (χ1n) is 4.88. The van der Waals surface area contributed by atoms with E-state index in [-0.39, 0.29) is 0 Å². The molecule has 0 bridgehead atoms. The van der Waals surface area contributed by atoms with E-state index in [1.807, 2.05) is 24.3 Å². The molecule has 0 aliphatic rings. The second-order valence-corrected chi connectivity index (χ2v) is 3.38. The van der Waals surface area contributed by atoms with Crippen LogP contribution in [0, 0.1) is 0 Å². The number of aldehydes is 1. The molecule has 82 valence electrons. The molecule has 2 aromatic rings. The van der Waals surface area contributed by atoms with Crippen LogP contribution in [-0.4, -0.2) is 22.9 Å². The smallest absolute Gasteiger partial charge is 0.168 e. The Morgan fingerprint density at radius 3 is 2.75 bits per heavy atom. The quantitative estimate of drug-likeness (QED) is 0.736. The van der Waals surface area contributed by atoms with Crippen molar-refractivity contribution in [3.63, 3.8) is 0 Å². The zero-order chi connectivity index (χ0) is 11.5. The van der Waals surface area contributed by atoms with E-state index in [4.69, 9.17) is 4.74 Å². The topological polar surface area (TPSA) is 44.1 Å². The van der Waals surface area contributed by atoms with Crippen LogP contribution >= 0.6 is 0 Å². The summed E-state index contributed by atoms with van der Waals surface area (Å²) >= 11 is 0. The maximum Gasteiger partial charge on any atom is 0.168 e. The molecule has 0 aliphatic heterocycles. The van der Waals surface area contributed by atoms with Crippen molar-refractivity contribution >= 4 is 6.29 Å².